The maximum atomic E-state index is 6.10. The van der Waals surface area contributed by atoms with Gasteiger partial charge in [-0.05, 0) is 29.8 Å². The molecule has 3 aromatic rings. The maximum Gasteiger partial charge on any atom is 0.138 e. The number of fused-ring (bicyclic) bond motifs is 1. The van der Waals surface area contributed by atoms with E-state index >= 15 is 0 Å². The average Bonchev–Trinajstić information content (AvgIpc) is 2.76. The molecule has 0 N–H and O–H groups in total. The Bertz CT molecular complexity index is 687. The average molecular weight is 277 g/mol. The SMILES string of the molecule is Clc1ccc(Cc2cn3c(Cl)cccc3n2)cc1. The lowest BCUT2D eigenvalue weighted by atomic mass is 10.1. The lowest BCUT2D eigenvalue weighted by molar-refractivity contribution is 1.11. The number of imidazole rings is 1. The van der Waals surface area contributed by atoms with Crippen LogP contribution in [0.4, 0.5) is 0 Å². The van der Waals surface area contributed by atoms with Crippen LogP contribution in [0.2, 0.25) is 10.2 Å². The Morgan fingerprint density at radius 2 is 1.78 bits per heavy atom. The van der Waals surface area contributed by atoms with E-state index in [0.29, 0.717) is 5.15 Å². The second kappa shape index (κ2) is 4.63. The molecule has 2 aromatic heterocycles. The molecule has 0 amide bonds. The lowest BCUT2D eigenvalue weighted by Crippen LogP contribution is -1.87. The fourth-order valence-electron chi connectivity index (χ4n) is 1.92. The van der Waals surface area contributed by atoms with Crippen LogP contribution in [0.15, 0.2) is 48.7 Å². The minimum atomic E-state index is 0.669. The summed E-state index contributed by atoms with van der Waals surface area (Å²) in [6.07, 6.45) is 2.74. The second-order valence-corrected chi connectivity index (χ2v) is 4.94. The molecule has 0 saturated heterocycles. The van der Waals surface area contributed by atoms with Gasteiger partial charge in [-0.15, -0.1) is 0 Å². The Balaban J connectivity index is 1.95. The molecule has 0 atom stereocenters. The molecule has 0 aliphatic carbocycles. The van der Waals surface area contributed by atoms with E-state index < -0.39 is 0 Å². The fraction of sp³-hybridized carbons (Fsp3) is 0.0714. The minimum Gasteiger partial charge on any atom is -0.290 e. The van der Waals surface area contributed by atoms with Gasteiger partial charge in [-0.1, -0.05) is 41.4 Å². The molecule has 0 fully saturated rings. The summed E-state index contributed by atoms with van der Waals surface area (Å²) in [6.45, 7) is 0. The lowest BCUT2D eigenvalue weighted by Gasteiger charge is -1.97. The third kappa shape index (κ3) is 2.22. The molecule has 0 radical (unpaired) electrons. The highest BCUT2D eigenvalue weighted by Gasteiger charge is 2.04. The Morgan fingerprint density at radius 3 is 2.50 bits per heavy atom. The molecule has 0 bridgehead atoms. The molecule has 2 nitrogen and oxygen atoms in total. The van der Waals surface area contributed by atoms with Gasteiger partial charge in [0, 0.05) is 17.6 Å². The normalized spacial score (nSPS) is 11.0. The number of nitrogens with zero attached hydrogens (tertiary/aromatic N) is 2. The highest BCUT2D eigenvalue weighted by Crippen LogP contribution is 2.17. The fourth-order valence-corrected chi connectivity index (χ4v) is 2.26. The molecule has 2 heterocycles. The van der Waals surface area contributed by atoms with Crippen molar-refractivity contribution in [2.45, 2.75) is 6.42 Å². The molecule has 0 aliphatic rings. The first kappa shape index (κ1) is 11.6. The van der Waals surface area contributed by atoms with Gasteiger partial charge in [-0.25, -0.2) is 4.98 Å². The van der Waals surface area contributed by atoms with Crippen molar-refractivity contribution in [2.75, 3.05) is 0 Å². The molecular weight excluding hydrogens is 267 g/mol. The summed E-state index contributed by atoms with van der Waals surface area (Å²) < 4.78 is 1.88. The number of benzene rings is 1. The Hall–Kier alpha value is -1.51. The van der Waals surface area contributed by atoms with Gasteiger partial charge in [0.25, 0.3) is 0 Å². The summed E-state index contributed by atoms with van der Waals surface area (Å²) in [5.41, 5.74) is 3.04. The van der Waals surface area contributed by atoms with Crippen LogP contribution in [0.5, 0.6) is 0 Å². The van der Waals surface area contributed by atoms with Crippen LogP contribution in [-0.4, -0.2) is 9.38 Å². The number of rotatable bonds is 2. The minimum absolute atomic E-state index is 0.669. The maximum absolute atomic E-state index is 6.10. The third-order valence-electron chi connectivity index (χ3n) is 2.79. The number of pyridine rings is 1. The van der Waals surface area contributed by atoms with Crippen molar-refractivity contribution in [1.82, 2.24) is 9.38 Å². The van der Waals surface area contributed by atoms with Crippen molar-refractivity contribution in [2.24, 2.45) is 0 Å². The van der Waals surface area contributed by atoms with Crippen LogP contribution in [-0.2, 0) is 6.42 Å². The van der Waals surface area contributed by atoms with Gasteiger partial charge in [0.2, 0.25) is 0 Å². The van der Waals surface area contributed by atoms with Crippen LogP contribution >= 0.6 is 23.2 Å². The van der Waals surface area contributed by atoms with Gasteiger partial charge in [-0.3, -0.25) is 4.40 Å². The third-order valence-corrected chi connectivity index (χ3v) is 3.35. The zero-order valence-corrected chi connectivity index (χ0v) is 11.0. The molecule has 4 heteroatoms. The molecule has 90 valence electrons. The van der Waals surface area contributed by atoms with Crippen molar-refractivity contribution >= 4 is 28.8 Å². The van der Waals surface area contributed by atoms with Gasteiger partial charge in [-0.2, -0.15) is 0 Å². The monoisotopic (exact) mass is 276 g/mol. The zero-order chi connectivity index (χ0) is 12.5. The van der Waals surface area contributed by atoms with Crippen LogP contribution in [0.25, 0.3) is 5.65 Å². The summed E-state index contributed by atoms with van der Waals surface area (Å²) in [5, 5.41) is 1.42. The number of hydrogen-bond acceptors (Lipinski definition) is 1. The van der Waals surface area contributed by atoms with Crippen LogP contribution in [0.3, 0.4) is 0 Å². The molecular formula is C14H10Cl2N2. The van der Waals surface area contributed by atoms with Gasteiger partial charge in [0.1, 0.15) is 10.8 Å². The summed E-state index contributed by atoms with van der Waals surface area (Å²) in [5.74, 6) is 0. The van der Waals surface area contributed by atoms with Crippen molar-refractivity contribution in [1.29, 1.82) is 0 Å². The van der Waals surface area contributed by atoms with E-state index in [1.807, 2.05) is 53.1 Å². The quantitative estimate of drug-likeness (QED) is 0.641. The van der Waals surface area contributed by atoms with E-state index in [0.717, 1.165) is 22.8 Å². The van der Waals surface area contributed by atoms with Crippen LogP contribution in [0, 0.1) is 0 Å². The number of hydrogen-bond donors (Lipinski definition) is 0. The summed E-state index contributed by atoms with van der Waals surface area (Å²) in [6, 6.07) is 13.5. The summed E-state index contributed by atoms with van der Waals surface area (Å²) >= 11 is 12.0. The first-order valence-corrected chi connectivity index (χ1v) is 6.35. The highest BCUT2D eigenvalue weighted by molar-refractivity contribution is 6.30. The molecule has 0 unspecified atom stereocenters. The van der Waals surface area contributed by atoms with Crippen LogP contribution in [0.1, 0.15) is 11.3 Å². The van der Waals surface area contributed by atoms with Crippen molar-refractivity contribution in [3.63, 3.8) is 0 Å². The number of halogens is 2. The van der Waals surface area contributed by atoms with E-state index in [2.05, 4.69) is 4.98 Å². The molecule has 0 spiro atoms. The smallest absolute Gasteiger partial charge is 0.138 e. The first-order valence-electron chi connectivity index (χ1n) is 5.59. The Labute approximate surface area is 115 Å². The van der Waals surface area contributed by atoms with Gasteiger partial charge < -0.3 is 0 Å². The van der Waals surface area contributed by atoms with E-state index in [4.69, 9.17) is 23.2 Å². The molecule has 1 aromatic carbocycles. The number of aromatic nitrogens is 2. The molecule has 0 saturated carbocycles. The summed E-state index contributed by atoms with van der Waals surface area (Å²) in [4.78, 5) is 4.54. The van der Waals surface area contributed by atoms with Gasteiger partial charge in [0.05, 0.1) is 5.69 Å². The van der Waals surface area contributed by atoms with E-state index in [9.17, 15) is 0 Å². The van der Waals surface area contributed by atoms with Gasteiger partial charge in [0.15, 0.2) is 0 Å². The molecule has 3 rings (SSSR count). The van der Waals surface area contributed by atoms with E-state index in [-0.39, 0.29) is 0 Å². The molecule has 0 aliphatic heterocycles. The van der Waals surface area contributed by atoms with Crippen molar-refractivity contribution < 1.29 is 0 Å². The summed E-state index contributed by atoms with van der Waals surface area (Å²) in [7, 11) is 0. The zero-order valence-electron chi connectivity index (χ0n) is 9.48. The largest absolute Gasteiger partial charge is 0.290 e. The van der Waals surface area contributed by atoms with Gasteiger partial charge >= 0.3 is 0 Å². The first-order chi connectivity index (χ1) is 8.72. The topological polar surface area (TPSA) is 17.3 Å². The predicted molar refractivity (Wildman–Crippen MR) is 74.5 cm³/mol. The Morgan fingerprint density at radius 1 is 1.00 bits per heavy atom. The van der Waals surface area contributed by atoms with Crippen molar-refractivity contribution in [3.8, 4) is 0 Å². The predicted octanol–water partition coefficient (Wildman–Crippen LogP) is 4.23. The standard InChI is InChI=1S/C14H10Cl2N2/c15-11-6-4-10(5-7-11)8-12-9-18-13(16)2-1-3-14(18)17-12/h1-7,9H,8H2. The van der Waals surface area contributed by atoms with Crippen LogP contribution < -0.4 is 0 Å². The highest BCUT2D eigenvalue weighted by atomic mass is 35.5. The second-order valence-electron chi connectivity index (χ2n) is 4.11. The van der Waals surface area contributed by atoms with Crippen molar-refractivity contribution in [3.05, 3.63) is 70.1 Å². The van der Waals surface area contributed by atoms with E-state index in [1.165, 1.54) is 5.56 Å². The molecule has 18 heavy (non-hydrogen) atoms. The Kier molecular flexibility index (Phi) is 2.98. The van der Waals surface area contributed by atoms with E-state index in [1.54, 1.807) is 0 Å².